The highest BCUT2D eigenvalue weighted by Gasteiger charge is 2.18. The van der Waals surface area contributed by atoms with E-state index in [1.54, 1.807) is 0 Å². The minimum absolute atomic E-state index is 0.0452. The lowest BCUT2D eigenvalue weighted by Crippen LogP contribution is -2.15. The summed E-state index contributed by atoms with van der Waals surface area (Å²) in [4.78, 5) is 0. The first-order valence-corrected chi connectivity index (χ1v) is 10.8. The molecule has 0 amide bonds. The van der Waals surface area contributed by atoms with Gasteiger partial charge in [-0.15, -0.1) is 0 Å². The van der Waals surface area contributed by atoms with Crippen LogP contribution in [-0.4, -0.2) is 5.11 Å². The van der Waals surface area contributed by atoms with E-state index in [2.05, 4.69) is 60.8 Å². The van der Waals surface area contributed by atoms with Gasteiger partial charge in [-0.1, -0.05) is 79.2 Å². The van der Waals surface area contributed by atoms with Crippen molar-refractivity contribution in [2.75, 3.05) is 5.32 Å². The first-order chi connectivity index (χ1) is 14.6. The molecule has 152 valence electrons. The fourth-order valence-corrected chi connectivity index (χ4v) is 3.91. The molecule has 2 atom stereocenters. The maximum absolute atomic E-state index is 11.1. The van der Waals surface area contributed by atoms with Crippen molar-refractivity contribution in [3.63, 3.8) is 0 Å². The molecule has 0 bridgehead atoms. The number of aliphatic hydroxyl groups excluding tert-OH is 1. The van der Waals surface area contributed by atoms with Crippen LogP contribution in [0, 0.1) is 0 Å². The van der Waals surface area contributed by atoms with E-state index in [1.165, 1.54) is 10.9 Å². The summed E-state index contributed by atoms with van der Waals surface area (Å²) in [6.45, 7) is 2.15. The first kappa shape index (κ1) is 20.5. The number of halogens is 1. The van der Waals surface area contributed by atoms with Crippen LogP contribution in [0.15, 0.2) is 91.0 Å². The Labute approximate surface area is 183 Å². The van der Waals surface area contributed by atoms with Crippen molar-refractivity contribution in [3.8, 4) is 0 Å². The molecule has 3 heteroatoms. The molecule has 0 fully saturated rings. The number of aliphatic hydroxyl groups is 1. The van der Waals surface area contributed by atoms with Gasteiger partial charge in [0.05, 0.1) is 12.1 Å². The Morgan fingerprint density at radius 2 is 1.47 bits per heavy atom. The van der Waals surface area contributed by atoms with Crippen molar-refractivity contribution in [3.05, 3.63) is 113 Å². The van der Waals surface area contributed by atoms with Crippen LogP contribution in [0.4, 0.5) is 5.69 Å². The summed E-state index contributed by atoms with van der Waals surface area (Å²) >= 11 is 6.10. The van der Waals surface area contributed by atoms with E-state index in [1.807, 2.05) is 42.5 Å². The lowest BCUT2D eigenvalue weighted by molar-refractivity contribution is 0.161. The van der Waals surface area contributed by atoms with Gasteiger partial charge in [-0.05, 0) is 64.2 Å². The van der Waals surface area contributed by atoms with Crippen molar-refractivity contribution in [1.29, 1.82) is 0 Å². The molecule has 4 aromatic rings. The molecule has 2 N–H and O–H groups in total. The number of hydrogen-bond donors (Lipinski definition) is 2. The van der Waals surface area contributed by atoms with Crippen molar-refractivity contribution >= 4 is 28.1 Å². The van der Waals surface area contributed by atoms with Crippen LogP contribution >= 0.6 is 11.6 Å². The molecule has 0 radical (unpaired) electrons. The molecular weight excluding hydrogens is 390 g/mol. The maximum atomic E-state index is 11.1. The topological polar surface area (TPSA) is 32.3 Å². The molecule has 0 saturated carbocycles. The van der Waals surface area contributed by atoms with E-state index in [-0.39, 0.29) is 6.04 Å². The van der Waals surface area contributed by atoms with Crippen LogP contribution in [0.3, 0.4) is 0 Å². The zero-order valence-electron chi connectivity index (χ0n) is 17.1. The smallest absolute Gasteiger partial charge is 0.0813 e. The Morgan fingerprint density at radius 1 is 0.800 bits per heavy atom. The molecule has 0 aliphatic heterocycles. The van der Waals surface area contributed by atoms with Gasteiger partial charge in [0, 0.05) is 17.1 Å². The third kappa shape index (κ3) is 4.84. The highest BCUT2D eigenvalue weighted by molar-refractivity contribution is 6.30. The third-order valence-corrected chi connectivity index (χ3v) is 5.84. The number of hydrogen-bond acceptors (Lipinski definition) is 2. The van der Waals surface area contributed by atoms with Crippen molar-refractivity contribution in [1.82, 2.24) is 0 Å². The fourth-order valence-electron chi connectivity index (χ4n) is 3.79. The van der Waals surface area contributed by atoms with Gasteiger partial charge in [0.1, 0.15) is 0 Å². The SMILES string of the molecule is CCc1ccc(NC(CC(O)c2ccc3ccccc3c2)c2ccc(Cl)cc2)cc1. The second-order valence-corrected chi connectivity index (χ2v) is 8.09. The van der Waals surface area contributed by atoms with E-state index >= 15 is 0 Å². The largest absolute Gasteiger partial charge is 0.388 e. The second-order valence-electron chi connectivity index (χ2n) is 7.66. The molecule has 0 saturated heterocycles. The Balaban J connectivity index is 1.59. The predicted octanol–water partition coefficient (Wildman–Crippen LogP) is 7.33. The highest BCUT2D eigenvalue weighted by Crippen LogP contribution is 2.31. The van der Waals surface area contributed by atoms with Crippen LogP contribution in [0.25, 0.3) is 10.8 Å². The number of rotatable bonds is 7. The summed E-state index contributed by atoms with van der Waals surface area (Å²) in [6.07, 6.45) is 0.981. The molecule has 0 heterocycles. The second kappa shape index (κ2) is 9.34. The summed E-state index contributed by atoms with van der Waals surface area (Å²) in [5.74, 6) is 0. The van der Waals surface area contributed by atoms with Crippen molar-refractivity contribution in [2.24, 2.45) is 0 Å². The van der Waals surface area contributed by atoms with Crippen molar-refractivity contribution in [2.45, 2.75) is 31.9 Å². The predicted molar refractivity (Wildman–Crippen MR) is 127 cm³/mol. The van der Waals surface area contributed by atoms with Crippen LogP contribution < -0.4 is 5.32 Å². The Bertz CT molecular complexity index is 1110. The van der Waals surface area contributed by atoms with Gasteiger partial charge in [0.15, 0.2) is 0 Å². The lowest BCUT2D eigenvalue weighted by atomic mass is 9.95. The van der Waals surface area contributed by atoms with Gasteiger partial charge < -0.3 is 10.4 Å². The molecule has 0 aliphatic carbocycles. The first-order valence-electron chi connectivity index (χ1n) is 10.4. The standard InChI is InChI=1S/C27H26ClNO/c1-2-19-7-15-25(16-8-19)29-26(21-11-13-24(28)14-12-21)18-27(30)23-10-9-20-5-3-4-6-22(20)17-23/h3-17,26-27,29-30H,2,18H2,1H3. The summed E-state index contributed by atoms with van der Waals surface area (Å²) in [7, 11) is 0. The maximum Gasteiger partial charge on any atom is 0.0813 e. The Morgan fingerprint density at radius 3 is 2.17 bits per heavy atom. The van der Waals surface area contributed by atoms with E-state index in [0.717, 1.165) is 28.6 Å². The molecule has 2 unspecified atom stereocenters. The number of fused-ring (bicyclic) bond motifs is 1. The van der Waals surface area contributed by atoms with E-state index in [0.29, 0.717) is 11.4 Å². The average molecular weight is 416 g/mol. The number of anilines is 1. The molecule has 0 aliphatic rings. The van der Waals surface area contributed by atoms with Crippen LogP contribution in [0.1, 0.15) is 42.2 Å². The normalized spacial score (nSPS) is 13.2. The van der Waals surface area contributed by atoms with Crippen molar-refractivity contribution < 1.29 is 5.11 Å². The zero-order chi connectivity index (χ0) is 20.9. The molecule has 4 aromatic carbocycles. The van der Waals surface area contributed by atoms with Crippen LogP contribution in [-0.2, 0) is 6.42 Å². The fraction of sp³-hybridized carbons (Fsp3) is 0.185. The zero-order valence-corrected chi connectivity index (χ0v) is 17.8. The number of benzene rings is 4. The minimum atomic E-state index is -0.585. The molecule has 0 aromatic heterocycles. The highest BCUT2D eigenvalue weighted by atomic mass is 35.5. The molecule has 4 rings (SSSR count). The van der Waals surface area contributed by atoms with Gasteiger partial charge in [-0.2, -0.15) is 0 Å². The Hall–Kier alpha value is -2.81. The monoisotopic (exact) mass is 415 g/mol. The summed E-state index contributed by atoms with van der Waals surface area (Å²) in [5.41, 5.74) is 4.37. The number of nitrogens with one attached hydrogen (secondary N) is 1. The van der Waals surface area contributed by atoms with Crippen LogP contribution in [0.5, 0.6) is 0 Å². The molecule has 0 spiro atoms. The van der Waals surface area contributed by atoms with Gasteiger partial charge in [0.2, 0.25) is 0 Å². The van der Waals surface area contributed by atoms with E-state index < -0.39 is 6.10 Å². The minimum Gasteiger partial charge on any atom is -0.388 e. The third-order valence-electron chi connectivity index (χ3n) is 5.59. The Kier molecular flexibility index (Phi) is 6.37. The van der Waals surface area contributed by atoms with Crippen LogP contribution in [0.2, 0.25) is 5.02 Å². The van der Waals surface area contributed by atoms with Gasteiger partial charge in [-0.25, -0.2) is 0 Å². The summed E-state index contributed by atoms with van der Waals surface area (Å²) in [5, 5.41) is 17.7. The molecule has 2 nitrogen and oxygen atoms in total. The van der Waals surface area contributed by atoms with Gasteiger partial charge in [-0.3, -0.25) is 0 Å². The van der Waals surface area contributed by atoms with E-state index in [4.69, 9.17) is 11.6 Å². The summed E-state index contributed by atoms with van der Waals surface area (Å²) < 4.78 is 0. The van der Waals surface area contributed by atoms with E-state index in [9.17, 15) is 5.11 Å². The molecule has 30 heavy (non-hydrogen) atoms. The lowest BCUT2D eigenvalue weighted by Gasteiger charge is -2.24. The van der Waals surface area contributed by atoms with Gasteiger partial charge in [0.25, 0.3) is 0 Å². The quantitative estimate of drug-likeness (QED) is 0.331. The summed E-state index contributed by atoms with van der Waals surface area (Å²) in [6, 6.07) is 30.7. The molecular formula is C27H26ClNO. The number of aryl methyl sites for hydroxylation is 1. The van der Waals surface area contributed by atoms with Gasteiger partial charge >= 0.3 is 0 Å². The average Bonchev–Trinajstić information content (AvgIpc) is 2.79.